The summed E-state index contributed by atoms with van der Waals surface area (Å²) in [5.41, 5.74) is 1.13. The van der Waals surface area contributed by atoms with Gasteiger partial charge in [0.05, 0.1) is 5.69 Å². The number of anilines is 1. The first-order valence-corrected chi connectivity index (χ1v) is 7.35. The standard InChI is InChI=1S/C15H25N3O/c1-2-8-16-15-5-3-4-14(17-15)12-18-9-6-13(11-18)7-10-19/h3-5,13,19H,2,6-12H2,1H3,(H,16,17). The van der Waals surface area contributed by atoms with E-state index in [-0.39, 0.29) is 0 Å². The van der Waals surface area contributed by atoms with E-state index in [1.807, 2.05) is 6.07 Å². The Morgan fingerprint density at radius 2 is 2.37 bits per heavy atom. The summed E-state index contributed by atoms with van der Waals surface area (Å²) >= 11 is 0. The van der Waals surface area contributed by atoms with Gasteiger partial charge in [0, 0.05) is 26.2 Å². The lowest BCUT2D eigenvalue weighted by Crippen LogP contribution is -2.21. The number of rotatable bonds is 7. The van der Waals surface area contributed by atoms with E-state index in [0.29, 0.717) is 12.5 Å². The van der Waals surface area contributed by atoms with Gasteiger partial charge in [0.2, 0.25) is 0 Å². The van der Waals surface area contributed by atoms with Gasteiger partial charge in [0.25, 0.3) is 0 Å². The van der Waals surface area contributed by atoms with Crippen molar-refractivity contribution in [2.75, 3.05) is 31.6 Å². The van der Waals surface area contributed by atoms with Crippen LogP contribution in [0.1, 0.15) is 31.9 Å². The molecule has 0 radical (unpaired) electrons. The van der Waals surface area contributed by atoms with Crippen molar-refractivity contribution < 1.29 is 5.11 Å². The molecule has 0 aliphatic carbocycles. The molecule has 0 amide bonds. The number of aliphatic hydroxyl groups excluding tert-OH is 1. The molecule has 1 aliphatic rings. The average molecular weight is 263 g/mol. The Morgan fingerprint density at radius 1 is 1.47 bits per heavy atom. The summed E-state index contributed by atoms with van der Waals surface area (Å²) in [6.45, 7) is 6.58. The van der Waals surface area contributed by atoms with E-state index in [1.54, 1.807) is 0 Å². The lowest BCUT2D eigenvalue weighted by Gasteiger charge is -2.16. The number of pyridine rings is 1. The molecule has 1 fully saturated rings. The van der Waals surface area contributed by atoms with Crippen LogP contribution in [0.25, 0.3) is 0 Å². The van der Waals surface area contributed by atoms with Crippen LogP contribution in [0.15, 0.2) is 18.2 Å². The molecule has 0 aromatic carbocycles. The lowest BCUT2D eigenvalue weighted by atomic mass is 10.1. The topological polar surface area (TPSA) is 48.4 Å². The molecule has 2 rings (SSSR count). The van der Waals surface area contributed by atoms with Crippen LogP contribution < -0.4 is 5.32 Å². The second kappa shape index (κ2) is 7.46. The van der Waals surface area contributed by atoms with Crippen molar-refractivity contribution in [3.8, 4) is 0 Å². The van der Waals surface area contributed by atoms with Crippen molar-refractivity contribution in [1.29, 1.82) is 0 Å². The van der Waals surface area contributed by atoms with Gasteiger partial charge < -0.3 is 10.4 Å². The van der Waals surface area contributed by atoms with Crippen LogP contribution in [0, 0.1) is 5.92 Å². The second-order valence-electron chi connectivity index (χ2n) is 5.34. The number of aromatic nitrogens is 1. The Morgan fingerprint density at radius 3 is 3.16 bits per heavy atom. The maximum atomic E-state index is 8.98. The molecule has 1 saturated heterocycles. The minimum absolute atomic E-state index is 0.313. The summed E-state index contributed by atoms with van der Waals surface area (Å²) in [5, 5.41) is 12.3. The Kier molecular flexibility index (Phi) is 5.61. The van der Waals surface area contributed by atoms with E-state index >= 15 is 0 Å². The number of aliphatic hydroxyl groups is 1. The number of nitrogens with zero attached hydrogens (tertiary/aromatic N) is 2. The van der Waals surface area contributed by atoms with Gasteiger partial charge in [0.1, 0.15) is 5.82 Å². The van der Waals surface area contributed by atoms with Gasteiger partial charge in [-0.05, 0) is 43.9 Å². The molecule has 1 aromatic heterocycles. The molecule has 4 heteroatoms. The van der Waals surface area contributed by atoms with Gasteiger partial charge in [-0.25, -0.2) is 4.98 Å². The van der Waals surface area contributed by atoms with E-state index in [1.165, 1.54) is 6.42 Å². The molecule has 1 unspecified atom stereocenters. The number of nitrogens with one attached hydrogen (secondary N) is 1. The van der Waals surface area contributed by atoms with Gasteiger partial charge >= 0.3 is 0 Å². The van der Waals surface area contributed by atoms with E-state index in [9.17, 15) is 0 Å². The van der Waals surface area contributed by atoms with Crippen molar-refractivity contribution in [3.05, 3.63) is 23.9 Å². The smallest absolute Gasteiger partial charge is 0.126 e. The van der Waals surface area contributed by atoms with Crippen LogP contribution in [0.4, 0.5) is 5.82 Å². The Labute approximate surface area is 115 Å². The lowest BCUT2D eigenvalue weighted by molar-refractivity contribution is 0.249. The Hall–Kier alpha value is -1.13. The summed E-state index contributed by atoms with van der Waals surface area (Å²) in [7, 11) is 0. The van der Waals surface area contributed by atoms with Crippen LogP contribution in [0.2, 0.25) is 0 Å². The Bertz CT molecular complexity index is 383. The minimum atomic E-state index is 0.313. The first kappa shape index (κ1) is 14.3. The highest BCUT2D eigenvalue weighted by Gasteiger charge is 2.22. The number of hydrogen-bond donors (Lipinski definition) is 2. The minimum Gasteiger partial charge on any atom is -0.396 e. The first-order valence-electron chi connectivity index (χ1n) is 7.35. The van der Waals surface area contributed by atoms with Gasteiger partial charge in [-0.1, -0.05) is 13.0 Å². The fourth-order valence-corrected chi connectivity index (χ4v) is 2.62. The zero-order valence-electron chi connectivity index (χ0n) is 11.8. The fraction of sp³-hybridized carbons (Fsp3) is 0.667. The monoisotopic (exact) mass is 263 g/mol. The molecule has 0 saturated carbocycles. The maximum Gasteiger partial charge on any atom is 0.126 e. The third kappa shape index (κ3) is 4.48. The summed E-state index contributed by atoms with van der Waals surface area (Å²) in [6.07, 6.45) is 3.25. The molecular weight excluding hydrogens is 238 g/mol. The summed E-state index contributed by atoms with van der Waals surface area (Å²) in [5.74, 6) is 1.64. The van der Waals surface area contributed by atoms with E-state index in [2.05, 4.69) is 34.3 Å². The van der Waals surface area contributed by atoms with Crippen LogP contribution in [0.3, 0.4) is 0 Å². The van der Waals surface area contributed by atoms with Gasteiger partial charge in [0.15, 0.2) is 0 Å². The zero-order chi connectivity index (χ0) is 13.5. The highest BCUT2D eigenvalue weighted by Crippen LogP contribution is 2.20. The largest absolute Gasteiger partial charge is 0.396 e. The molecule has 2 heterocycles. The van der Waals surface area contributed by atoms with Gasteiger partial charge in [-0.2, -0.15) is 0 Å². The second-order valence-corrected chi connectivity index (χ2v) is 5.34. The highest BCUT2D eigenvalue weighted by molar-refractivity contribution is 5.35. The average Bonchev–Trinajstić information content (AvgIpc) is 2.85. The van der Waals surface area contributed by atoms with Crippen LogP contribution in [-0.2, 0) is 6.54 Å². The molecule has 19 heavy (non-hydrogen) atoms. The summed E-state index contributed by atoms with van der Waals surface area (Å²) in [6, 6.07) is 6.19. The van der Waals surface area contributed by atoms with Gasteiger partial charge in [-0.15, -0.1) is 0 Å². The third-order valence-electron chi connectivity index (χ3n) is 3.66. The van der Waals surface area contributed by atoms with Crippen molar-refractivity contribution >= 4 is 5.82 Å². The van der Waals surface area contributed by atoms with Crippen LogP contribution in [0.5, 0.6) is 0 Å². The molecule has 0 spiro atoms. The number of likely N-dealkylation sites (tertiary alicyclic amines) is 1. The molecule has 2 N–H and O–H groups in total. The van der Waals surface area contributed by atoms with E-state index in [0.717, 1.165) is 50.5 Å². The quantitative estimate of drug-likeness (QED) is 0.791. The van der Waals surface area contributed by atoms with Crippen LogP contribution in [-0.4, -0.2) is 41.2 Å². The summed E-state index contributed by atoms with van der Waals surface area (Å²) < 4.78 is 0. The molecule has 4 nitrogen and oxygen atoms in total. The molecule has 0 bridgehead atoms. The summed E-state index contributed by atoms with van der Waals surface area (Å²) in [4.78, 5) is 7.08. The van der Waals surface area contributed by atoms with Crippen LogP contribution >= 0.6 is 0 Å². The number of hydrogen-bond acceptors (Lipinski definition) is 4. The predicted molar refractivity (Wildman–Crippen MR) is 78.1 cm³/mol. The molecular formula is C15H25N3O. The van der Waals surface area contributed by atoms with Crippen molar-refractivity contribution in [3.63, 3.8) is 0 Å². The maximum absolute atomic E-state index is 8.98. The van der Waals surface area contributed by atoms with Gasteiger partial charge in [-0.3, -0.25) is 4.90 Å². The van der Waals surface area contributed by atoms with E-state index in [4.69, 9.17) is 5.11 Å². The molecule has 106 valence electrons. The van der Waals surface area contributed by atoms with Crippen molar-refractivity contribution in [2.45, 2.75) is 32.7 Å². The normalized spacial score (nSPS) is 19.8. The zero-order valence-corrected chi connectivity index (χ0v) is 11.8. The fourth-order valence-electron chi connectivity index (χ4n) is 2.62. The SMILES string of the molecule is CCCNc1cccc(CN2CCC(CCO)C2)n1. The predicted octanol–water partition coefficient (Wildman–Crippen LogP) is 2.11. The molecule has 1 aromatic rings. The van der Waals surface area contributed by atoms with E-state index < -0.39 is 0 Å². The first-order chi connectivity index (χ1) is 9.31. The highest BCUT2D eigenvalue weighted by atomic mass is 16.3. The molecule has 1 atom stereocenters. The Balaban J connectivity index is 1.85. The third-order valence-corrected chi connectivity index (χ3v) is 3.66. The van der Waals surface area contributed by atoms with Crippen molar-refractivity contribution in [1.82, 2.24) is 9.88 Å². The van der Waals surface area contributed by atoms with Crippen molar-refractivity contribution in [2.24, 2.45) is 5.92 Å². The molecule has 1 aliphatic heterocycles.